The molecule has 3 heteroatoms. The van der Waals surface area contributed by atoms with Crippen molar-refractivity contribution in [3.63, 3.8) is 0 Å². The largest absolute Gasteiger partial charge is 0.369 e. The van der Waals surface area contributed by atoms with Gasteiger partial charge in [0.15, 0.2) is 0 Å². The first-order chi connectivity index (χ1) is 10.5. The Morgan fingerprint density at radius 1 is 1.23 bits per heavy atom. The number of carbonyl (C=O) groups excluding carboxylic acids is 1. The maximum absolute atomic E-state index is 13.3. The normalized spacial score (nSPS) is 38.4. The molecule has 1 aromatic rings. The van der Waals surface area contributed by atoms with E-state index in [0.29, 0.717) is 17.4 Å². The van der Waals surface area contributed by atoms with Crippen molar-refractivity contribution in [2.75, 3.05) is 0 Å². The van der Waals surface area contributed by atoms with Crippen LogP contribution < -0.4 is 5.73 Å². The maximum Gasteiger partial charge on any atom is 0.223 e. The highest BCUT2D eigenvalue weighted by atomic mass is 19.1. The quantitative estimate of drug-likeness (QED) is 0.794. The van der Waals surface area contributed by atoms with Gasteiger partial charge in [0.2, 0.25) is 5.91 Å². The van der Waals surface area contributed by atoms with Crippen molar-refractivity contribution in [2.24, 2.45) is 28.4 Å². The van der Waals surface area contributed by atoms with Crippen LogP contribution in [0.3, 0.4) is 0 Å². The molecule has 1 aromatic carbocycles. The third kappa shape index (κ3) is 2.13. The summed E-state index contributed by atoms with van der Waals surface area (Å²) in [4.78, 5) is 12.0. The third-order valence-corrected chi connectivity index (χ3v) is 5.88. The zero-order chi connectivity index (χ0) is 15.4. The van der Waals surface area contributed by atoms with Crippen molar-refractivity contribution in [3.05, 3.63) is 35.6 Å². The smallest absolute Gasteiger partial charge is 0.223 e. The molecule has 5 rings (SSSR count). The van der Waals surface area contributed by atoms with Crippen LogP contribution in [0.1, 0.15) is 44.1 Å². The monoisotopic (exact) mass is 297 g/mol. The molecule has 2 atom stereocenters. The van der Waals surface area contributed by atoms with E-state index in [1.807, 2.05) is 6.07 Å². The van der Waals surface area contributed by atoms with Gasteiger partial charge >= 0.3 is 0 Å². The lowest BCUT2D eigenvalue weighted by molar-refractivity contribution is -0.147. The summed E-state index contributed by atoms with van der Waals surface area (Å²) in [6.07, 6.45) is 6.05. The molecule has 4 saturated carbocycles. The average molecular weight is 297 g/mol. The molecule has 4 aliphatic carbocycles. The SMILES string of the molecule is NC(=O)C12CC3CC(CC(C#Cc4cccc(F)c4)(C3)C1)C2. The number of hydrogen-bond donors (Lipinski definition) is 1. The first kappa shape index (κ1) is 13.8. The summed E-state index contributed by atoms with van der Waals surface area (Å²) in [5.41, 5.74) is 6.03. The molecule has 2 nitrogen and oxygen atoms in total. The lowest BCUT2D eigenvalue weighted by atomic mass is 9.44. The number of halogens is 1. The van der Waals surface area contributed by atoms with Crippen molar-refractivity contribution in [1.82, 2.24) is 0 Å². The van der Waals surface area contributed by atoms with Crippen LogP contribution in [0.2, 0.25) is 0 Å². The van der Waals surface area contributed by atoms with Crippen molar-refractivity contribution in [1.29, 1.82) is 0 Å². The third-order valence-electron chi connectivity index (χ3n) is 5.88. The van der Waals surface area contributed by atoms with Crippen LogP contribution in [0.15, 0.2) is 24.3 Å². The van der Waals surface area contributed by atoms with Crippen molar-refractivity contribution in [2.45, 2.75) is 38.5 Å². The molecule has 0 aromatic heterocycles. The Labute approximate surface area is 130 Å². The van der Waals surface area contributed by atoms with Gasteiger partial charge < -0.3 is 5.73 Å². The average Bonchev–Trinajstić information content (AvgIpc) is 2.44. The highest BCUT2D eigenvalue weighted by Gasteiger charge is 2.59. The summed E-state index contributed by atoms with van der Waals surface area (Å²) >= 11 is 0. The molecule has 1 amide bonds. The van der Waals surface area contributed by atoms with Crippen LogP contribution in [0.5, 0.6) is 0 Å². The molecule has 0 aliphatic heterocycles. The zero-order valence-corrected chi connectivity index (χ0v) is 12.6. The number of amides is 1. The molecule has 0 radical (unpaired) electrons. The summed E-state index contributed by atoms with van der Waals surface area (Å²) in [5, 5.41) is 0. The van der Waals surface area contributed by atoms with E-state index in [4.69, 9.17) is 5.73 Å². The van der Waals surface area contributed by atoms with E-state index in [-0.39, 0.29) is 22.6 Å². The van der Waals surface area contributed by atoms with Gasteiger partial charge in [0.25, 0.3) is 0 Å². The minimum absolute atomic E-state index is 0.0918. The van der Waals surface area contributed by atoms with E-state index < -0.39 is 0 Å². The van der Waals surface area contributed by atoms with Crippen LogP contribution in [-0.4, -0.2) is 5.91 Å². The second kappa shape index (κ2) is 4.59. The minimum Gasteiger partial charge on any atom is -0.369 e. The molecule has 0 saturated heterocycles. The number of nitrogens with two attached hydrogens (primary N) is 1. The molecule has 4 bridgehead atoms. The van der Waals surface area contributed by atoms with E-state index in [1.54, 1.807) is 6.07 Å². The molecule has 114 valence electrons. The predicted octanol–water partition coefficient (Wildman–Crippen LogP) is 3.25. The number of carbonyl (C=O) groups is 1. The summed E-state index contributed by atoms with van der Waals surface area (Å²) in [6, 6.07) is 6.42. The van der Waals surface area contributed by atoms with Gasteiger partial charge in [-0.3, -0.25) is 4.79 Å². The minimum atomic E-state index is -0.333. The van der Waals surface area contributed by atoms with Crippen molar-refractivity contribution in [3.8, 4) is 11.8 Å². The molecule has 4 fully saturated rings. The van der Waals surface area contributed by atoms with Gasteiger partial charge in [-0.2, -0.15) is 0 Å². The Bertz CT molecular complexity index is 685. The molecule has 22 heavy (non-hydrogen) atoms. The Morgan fingerprint density at radius 3 is 2.59 bits per heavy atom. The number of hydrogen-bond acceptors (Lipinski definition) is 1. The van der Waals surface area contributed by atoms with E-state index in [2.05, 4.69) is 11.8 Å². The van der Waals surface area contributed by atoms with Crippen LogP contribution in [-0.2, 0) is 4.79 Å². The summed E-state index contributed by atoms with van der Waals surface area (Å²) in [7, 11) is 0. The summed E-state index contributed by atoms with van der Waals surface area (Å²) in [5.74, 6) is 7.34. The highest BCUT2D eigenvalue weighted by Crippen LogP contribution is 2.64. The maximum atomic E-state index is 13.3. The van der Waals surface area contributed by atoms with Gasteiger partial charge in [-0.15, -0.1) is 0 Å². The zero-order valence-electron chi connectivity index (χ0n) is 12.6. The molecule has 0 spiro atoms. The highest BCUT2D eigenvalue weighted by molar-refractivity contribution is 5.81. The lowest BCUT2D eigenvalue weighted by Crippen LogP contribution is -2.56. The summed E-state index contributed by atoms with van der Waals surface area (Å²) in [6.45, 7) is 0. The Balaban J connectivity index is 1.68. The Morgan fingerprint density at radius 2 is 1.95 bits per heavy atom. The van der Waals surface area contributed by atoms with Gasteiger partial charge in [0, 0.05) is 11.0 Å². The van der Waals surface area contributed by atoms with Crippen LogP contribution in [0.25, 0.3) is 0 Å². The standard InChI is InChI=1S/C19H20FNO/c20-16-3-1-2-13(7-16)4-5-18-8-14-6-15(9-18)11-19(10-14,12-18)17(21)22/h1-3,7,14-15H,6,8-12H2,(H2,21,22). The van der Waals surface area contributed by atoms with E-state index in [0.717, 1.165) is 32.1 Å². The van der Waals surface area contributed by atoms with Crippen molar-refractivity contribution >= 4 is 5.91 Å². The molecule has 2 unspecified atom stereocenters. The van der Waals surface area contributed by atoms with E-state index in [9.17, 15) is 9.18 Å². The fraction of sp³-hybridized carbons (Fsp3) is 0.526. The van der Waals surface area contributed by atoms with Crippen LogP contribution >= 0.6 is 0 Å². The number of benzene rings is 1. The van der Waals surface area contributed by atoms with Crippen LogP contribution in [0.4, 0.5) is 4.39 Å². The van der Waals surface area contributed by atoms with Crippen LogP contribution in [0, 0.1) is 40.3 Å². The fourth-order valence-corrected chi connectivity index (χ4v) is 5.47. The Kier molecular flexibility index (Phi) is 2.88. The fourth-order valence-electron chi connectivity index (χ4n) is 5.47. The molecular formula is C19H20FNO. The van der Waals surface area contributed by atoms with Gasteiger partial charge in [-0.1, -0.05) is 17.9 Å². The molecule has 0 heterocycles. The molecule has 2 N–H and O–H groups in total. The number of rotatable bonds is 1. The second-order valence-electron chi connectivity index (χ2n) is 7.65. The van der Waals surface area contributed by atoms with Gasteiger partial charge in [-0.25, -0.2) is 4.39 Å². The number of primary amides is 1. The lowest BCUT2D eigenvalue weighted by Gasteiger charge is -2.59. The first-order valence-corrected chi connectivity index (χ1v) is 8.07. The molecular weight excluding hydrogens is 277 g/mol. The van der Waals surface area contributed by atoms with E-state index >= 15 is 0 Å². The molecule has 4 aliphatic rings. The van der Waals surface area contributed by atoms with Gasteiger partial charge in [0.05, 0.1) is 5.41 Å². The second-order valence-corrected chi connectivity index (χ2v) is 7.65. The topological polar surface area (TPSA) is 43.1 Å². The first-order valence-electron chi connectivity index (χ1n) is 8.07. The predicted molar refractivity (Wildman–Crippen MR) is 82.0 cm³/mol. The van der Waals surface area contributed by atoms with Gasteiger partial charge in [0.1, 0.15) is 5.82 Å². The summed E-state index contributed by atoms with van der Waals surface area (Å²) < 4.78 is 13.3. The van der Waals surface area contributed by atoms with Crippen molar-refractivity contribution < 1.29 is 9.18 Å². The van der Waals surface area contributed by atoms with Gasteiger partial charge in [-0.05, 0) is 68.6 Å². The Hall–Kier alpha value is -1.82. The van der Waals surface area contributed by atoms with E-state index in [1.165, 1.54) is 18.6 Å².